The number of benzene rings is 3. The second kappa shape index (κ2) is 11.8. The topological polar surface area (TPSA) is 93.9 Å². The Morgan fingerprint density at radius 1 is 1.00 bits per heavy atom. The van der Waals surface area contributed by atoms with Gasteiger partial charge in [-0.05, 0) is 91.2 Å². The molecule has 1 atom stereocenters. The molecular formula is C36H31ClN6O3. The van der Waals surface area contributed by atoms with E-state index in [1.165, 1.54) is 27.6 Å². The van der Waals surface area contributed by atoms with Gasteiger partial charge in [-0.15, -0.1) is 0 Å². The van der Waals surface area contributed by atoms with Crippen LogP contribution in [0.1, 0.15) is 34.0 Å². The van der Waals surface area contributed by atoms with Gasteiger partial charge in [-0.2, -0.15) is 0 Å². The lowest BCUT2D eigenvalue weighted by atomic mass is 9.93. The zero-order valence-electron chi connectivity index (χ0n) is 25.3. The fourth-order valence-corrected chi connectivity index (χ4v) is 6.24. The molecule has 46 heavy (non-hydrogen) atoms. The van der Waals surface area contributed by atoms with E-state index in [0.717, 1.165) is 23.0 Å². The van der Waals surface area contributed by atoms with Crippen LogP contribution in [0.5, 0.6) is 5.75 Å². The van der Waals surface area contributed by atoms with Crippen molar-refractivity contribution in [1.82, 2.24) is 24.9 Å². The van der Waals surface area contributed by atoms with Crippen LogP contribution in [0.2, 0.25) is 5.02 Å². The Kier molecular flexibility index (Phi) is 7.46. The lowest BCUT2D eigenvalue weighted by Gasteiger charge is -2.36. The number of halogens is 1. The smallest absolute Gasteiger partial charge is 0.352 e. The number of phenolic OH excluding ortho intramolecular Hbond substituents is 1. The molecule has 2 N–H and O–H groups in total. The Labute approximate surface area is 271 Å². The molecule has 0 unspecified atom stereocenters. The summed E-state index contributed by atoms with van der Waals surface area (Å²) in [7, 11) is 1.91. The van der Waals surface area contributed by atoms with Gasteiger partial charge in [0.25, 0.3) is 5.91 Å². The number of phenols is 1. The fraction of sp³-hybridized carbons (Fsp3) is 0.139. The summed E-state index contributed by atoms with van der Waals surface area (Å²) < 4.78 is 1.91. The maximum atomic E-state index is 14.3. The van der Waals surface area contributed by atoms with E-state index in [1.807, 2.05) is 53.1 Å². The number of nitrogens with one attached hydrogen (secondary N) is 1. The van der Waals surface area contributed by atoms with Gasteiger partial charge < -0.3 is 14.6 Å². The van der Waals surface area contributed by atoms with Crippen LogP contribution in [0.4, 0.5) is 16.2 Å². The Bertz CT molecular complexity index is 2050. The van der Waals surface area contributed by atoms with Crippen molar-refractivity contribution in [2.24, 2.45) is 7.05 Å². The van der Waals surface area contributed by atoms with Crippen molar-refractivity contribution in [2.45, 2.75) is 25.9 Å². The Hall–Kier alpha value is -5.54. The van der Waals surface area contributed by atoms with Crippen molar-refractivity contribution in [2.75, 3.05) is 4.90 Å². The second-order valence-corrected chi connectivity index (χ2v) is 12.0. The molecule has 4 heterocycles. The molecule has 230 valence electrons. The number of fused-ring (bicyclic) bond motifs is 2. The average molecular weight is 631 g/mol. The number of pyridine rings is 1. The lowest BCUT2D eigenvalue weighted by molar-refractivity contribution is 0.0658. The third-order valence-electron chi connectivity index (χ3n) is 8.46. The van der Waals surface area contributed by atoms with Crippen molar-refractivity contribution < 1.29 is 14.7 Å². The van der Waals surface area contributed by atoms with Gasteiger partial charge in [0.2, 0.25) is 0 Å². The molecular weight excluding hydrogens is 600 g/mol. The molecule has 7 rings (SSSR count). The van der Waals surface area contributed by atoms with Gasteiger partial charge in [0.1, 0.15) is 11.4 Å². The van der Waals surface area contributed by atoms with Crippen LogP contribution < -0.4 is 10.3 Å². The third kappa shape index (κ3) is 5.35. The van der Waals surface area contributed by atoms with Crippen LogP contribution in [0, 0.1) is 0 Å². The highest BCUT2D eigenvalue weighted by Gasteiger charge is 2.31. The van der Waals surface area contributed by atoms with Crippen LogP contribution in [-0.4, -0.2) is 42.5 Å². The number of hydrazine groups is 1. The van der Waals surface area contributed by atoms with Gasteiger partial charge in [0, 0.05) is 53.6 Å². The quantitative estimate of drug-likeness (QED) is 0.220. The highest BCUT2D eigenvalue weighted by atomic mass is 35.5. The van der Waals surface area contributed by atoms with Gasteiger partial charge in [0.15, 0.2) is 0 Å². The zero-order valence-corrected chi connectivity index (χ0v) is 26.0. The van der Waals surface area contributed by atoms with Crippen LogP contribution in [0.3, 0.4) is 0 Å². The molecule has 5 aromatic rings. The molecule has 0 saturated heterocycles. The molecule has 2 aliphatic heterocycles. The maximum absolute atomic E-state index is 14.3. The molecule has 10 heteroatoms. The number of carbonyl (C=O) groups is 2. The van der Waals surface area contributed by atoms with E-state index in [0.29, 0.717) is 39.8 Å². The summed E-state index contributed by atoms with van der Waals surface area (Å²) in [6, 6.07) is 23.2. The number of rotatable bonds is 4. The number of hydrogen-bond donors (Lipinski definition) is 2. The second-order valence-electron chi connectivity index (χ2n) is 11.5. The molecule has 0 spiro atoms. The molecule has 2 aliphatic rings. The number of hydrogen-bond acceptors (Lipinski definition) is 5. The predicted octanol–water partition coefficient (Wildman–Crippen LogP) is 7.15. The van der Waals surface area contributed by atoms with Gasteiger partial charge in [0.05, 0.1) is 23.3 Å². The van der Waals surface area contributed by atoms with Crippen molar-refractivity contribution in [1.29, 1.82) is 0 Å². The number of allylic oxidation sites excluding steroid dienone is 2. The number of carbonyl (C=O) groups excluding carboxylic acids is 2. The Morgan fingerprint density at radius 2 is 1.78 bits per heavy atom. The summed E-state index contributed by atoms with van der Waals surface area (Å²) in [4.78, 5) is 36.4. The lowest BCUT2D eigenvalue weighted by Crippen LogP contribution is -2.46. The summed E-state index contributed by atoms with van der Waals surface area (Å²) in [5.74, 6) is -0.0320. The molecule has 0 aliphatic carbocycles. The predicted molar refractivity (Wildman–Crippen MR) is 179 cm³/mol. The van der Waals surface area contributed by atoms with Gasteiger partial charge >= 0.3 is 6.03 Å². The molecule has 9 nitrogen and oxygen atoms in total. The summed E-state index contributed by atoms with van der Waals surface area (Å²) >= 11 is 6.48. The average Bonchev–Trinajstić information content (AvgIpc) is 3.44. The van der Waals surface area contributed by atoms with Crippen LogP contribution in [0.15, 0.2) is 110 Å². The van der Waals surface area contributed by atoms with E-state index in [9.17, 15) is 14.7 Å². The van der Waals surface area contributed by atoms with Gasteiger partial charge in [-0.3, -0.25) is 15.1 Å². The van der Waals surface area contributed by atoms with Crippen molar-refractivity contribution >= 4 is 51.6 Å². The minimum absolute atomic E-state index is 0.00613. The number of nitrogens with zero attached hydrogens (tertiary/aromatic N) is 5. The van der Waals surface area contributed by atoms with Crippen molar-refractivity contribution in [3.63, 3.8) is 0 Å². The molecule has 2 aromatic heterocycles. The molecule has 3 amide bonds. The minimum atomic E-state index is -0.430. The number of aromatic hydroxyl groups is 1. The van der Waals surface area contributed by atoms with Crippen LogP contribution >= 0.6 is 11.6 Å². The third-order valence-corrected chi connectivity index (χ3v) is 8.70. The zero-order chi connectivity index (χ0) is 31.9. The standard InChI is InChI=1S/C36H31ClN6O3/c1-23-18-24-6-3-4-7-26(24)22-41(23)35(45)31-14-9-27(37)20-32(31)33-8-5-16-42(39-33)36(46)43(28-10-12-30(44)13-11-28)29-19-25-15-17-40(2)34(25)38-21-29/h3-17,19-21,23,39,44H,18,22H2,1-2H3/t23-/m1/s1. The van der Waals surface area contributed by atoms with E-state index in [4.69, 9.17) is 11.6 Å². The monoisotopic (exact) mass is 630 g/mol. The number of aromatic nitrogens is 2. The molecule has 0 radical (unpaired) electrons. The fourth-order valence-electron chi connectivity index (χ4n) is 6.07. The Morgan fingerprint density at radius 3 is 2.59 bits per heavy atom. The van der Waals surface area contributed by atoms with E-state index in [2.05, 4.69) is 29.5 Å². The minimum Gasteiger partial charge on any atom is -0.508 e. The van der Waals surface area contributed by atoms with E-state index in [1.54, 1.807) is 48.8 Å². The number of anilines is 2. The summed E-state index contributed by atoms with van der Waals surface area (Å²) in [5, 5.41) is 12.6. The molecule has 3 aromatic carbocycles. The van der Waals surface area contributed by atoms with Crippen LogP contribution in [0.25, 0.3) is 16.7 Å². The maximum Gasteiger partial charge on any atom is 0.352 e. The molecule has 0 bridgehead atoms. The van der Waals surface area contributed by atoms with Crippen molar-refractivity contribution in [3.8, 4) is 5.75 Å². The summed E-state index contributed by atoms with van der Waals surface area (Å²) in [6.45, 7) is 2.57. The largest absolute Gasteiger partial charge is 0.508 e. The SMILES string of the molecule is C[C@@H]1Cc2ccccc2CN1C(=O)c1ccc(Cl)cc1C1=CC=CN(C(=O)N(c2ccc(O)cc2)c2cnc3c(ccn3C)c2)N1. The van der Waals surface area contributed by atoms with E-state index < -0.39 is 6.03 Å². The van der Waals surface area contributed by atoms with Gasteiger partial charge in [-0.1, -0.05) is 35.9 Å². The first-order valence-corrected chi connectivity index (χ1v) is 15.3. The number of urea groups is 1. The first-order chi connectivity index (χ1) is 22.3. The number of amides is 3. The first kappa shape index (κ1) is 29.2. The highest BCUT2D eigenvalue weighted by molar-refractivity contribution is 6.31. The van der Waals surface area contributed by atoms with E-state index in [-0.39, 0.29) is 17.7 Å². The van der Waals surface area contributed by atoms with Crippen LogP contribution in [-0.2, 0) is 20.0 Å². The summed E-state index contributed by atoms with van der Waals surface area (Å²) in [6.07, 6.45) is 9.49. The van der Waals surface area contributed by atoms with Crippen molar-refractivity contribution in [3.05, 3.63) is 137 Å². The van der Waals surface area contributed by atoms with Gasteiger partial charge in [-0.25, -0.2) is 14.8 Å². The first-order valence-electron chi connectivity index (χ1n) is 14.9. The van der Waals surface area contributed by atoms with E-state index >= 15 is 0 Å². The Balaban J connectivity index is 1.21. The highest BCUT2D eigenvalue weighted by Crippen LogP contribution is 2.33. The molecule has 0 saturated carbocycles. The summed E-state index contributed by atoms with van der Waals surface area (Å²) in [5.41, 5.74) is 9.05. The molecule has 0 fully saturated rings. The number of aryl methyl sites for hydroxylation is 1. The normalized spacial score (nSPS) is 15.7.